The van der Waals surface area contributed by atoms with Crippen molar-refractivity contribution in [1.29, 1.82) is 0 Å². The number of rotatable bonds is 3. The number of amides is 1. The molecule has 4 aliphatic carbocycles. The third kappa shape index (κ3) is 3.39. The van der Waals surface area contributed by atoms with Crippen molar-refractivity contribution < 1.29 is 4.79 Å². The highest BCUT2D eigenvalue weighted by molar-refractivity contribution is 7.80. The van der Waals surface area contributed by atoms with Gasteiger partial charge in [0.05, 0.1) is 0 Å². The molecule has 4 bridgehead atoms. The van der Waals surface area contributed by atoms with Crippen LogP contribution in [0.25, 0.3) is 6.08 Å². The molecule has 126 valence electrons. The summed E-state index contributed by atoms with van der Waals surface area (Å²) in [5.74, 6) is 2.42. The first kappa shape index (κ1) is 15.8. The molecular formula is C20H24N2OS. The van der Waals surface area contributed by atoms with Crippen molar-refractivity contribution in [3.05, 3.63) is 42.0 Å². The fourth-order valence-corrected chi connectivity index (χ4v) is 5.74. The molecule has 5 rings (SSSR count). The third-order valence-electron chi connectivity index (χ3n) is 5.88. The van der Waals surface area contributed by atoms with Crippen LogP contribution in [0.3, 0.4) is 0 Å². The van der Waals surface area contributed by atoms with E-state index in [2.05, 4.69) is 10.6 Å². The predicted molar refractivity (Wildman–Crippen MR) is 100 cm³/mol. The highest BCUT2D eigenvalue weighted by Crippen LogP contribution is 2.55. The van der Waals surface area contributed by atoms with Gasteiger partial charge in [0.1, 0.15) is 0 Å². The van der Waals surface area contributed by atoms with E-state index in [1.54, 1.807) is 6.08 Å². The minimum Gasteiger partial charge on any atom is -0.357 e. The Labute approximate surface area is 148 Å². The van der Waals surface area contributed by atoms with Crippen LogP contribution in [0, 0.1) is 17.8 Å². The standard InChI is InChI=1S/C20H24N2OS/c23-18(7-6-14-4-2-1-3-5-14)21-19(24)22-20-11-15-8-16(12-20)10-17(9-15)13-20/h1-7,15-17H,8-13H2,(H2,21,22,23,24). The average molecular weight is 340 g/mol. The van der Waals surface area contributed by atoms with E-state index >= 15 is 0 Å². The van der Waals surface area contributed by atoms with E-state index in [9.17, 15) is 4.79 Å². The first-order chi connectivity index (χ1) is 11.6. The van der Waals surface area contributed by atoms with Crippen molar-refractivity contribution in [1.82, 2.24) is 10.6 Å². The molecule has 4 fully saturated rings. The summed E-state index contributed by atoms with van der Waals surface area (Å²) in [6.45, 7) is 0. The Hall–Kier alpha value is -1.68. The predicted octanol–water partition coefficient (Wildman–Crippen LogP) is 3.66. The molecule has 3 nitrogen and oxygen atoms in total. The zero-order valence-corrected chi connectivity index (χ0v) is 14.6. The van der Waals surface area contributed by atoms with Crippen molar-refractivity contribution in [3.8, 4) is 0 Å². The smallest absolute Gasteiger partial charge is 0.250 e. The van der Waals surface area contributed by atoms with Crippen LogP contribution >= 0.6 is 12.2 Å². The first-order valence-electron chi connectivity index (χ1n) is 8.96. The fourth-order valence-electron chi connectivity index (χ4n) is 5.43. The number of hydrogen-bond donors (Lipinski definition) is 2. The van der Waals surface area contributed by atoms with E-state index in [-0.39, 0.29) is 11.4 Å². The second-order valence-electron chi connectivity index (χ2n) is 7.89. The molecular weight excluding hydrogens is 316 g/mol. The lowest BCUT2D eigenvalue weighted by Gasteiger charge is -2.57. The summed E-state index contributed by atoms with van der Waals surface area (Å²) in [6, 6.07) is 9.81. The van der Waals surface area contributed by atoms with Crippen molar-refractivity contribution in [2.75, 3.05) is 0 Å². The zero-order valence-electron chi connectivity index (χ0n) is 13.8. The molecule has 4 saturated carbocycles. The summed E-state index contributed by atoms with van der Waals surface area (Å²) in [4.78, 5) is 12.1. The van der Waals surface area contributed by atoms with E-state index in [0.29, 0.717) is 5.11 Å². The minimum atomic E-state index is -0.166. The maximum Gasteiger partial charge on any atom is 0.250 e. The molecule has 0 aliphatic heterocycles. The number of thiocarbonyl (C=S) groups is 1. The van der Waals surface area contributed by atoms with Crippen molar-refractivity contribution >= 4 is 29.3 Å². The van der Waals surface area contributed by atoms with E-state index < -0.39 is 0 Å². The Kier molecular flexibility index (Phi) is 4.17. The largest absolute Gasteiger partial charge is 0.357 e. The molecule has 0 saturated heterocycles. The topological polar surface area (TPSA) is 41.1 Å². The molecule has 0 atom stereocenters. The monoisotopic (exact) mass is 340 g/mol. The Balaban J connectivity index is 1.34. The van der Waals surface area contributed by atoms with Crippen molar-refractivity contribution in [2.45, 2.75) is 44.1 Å². The van der Waals surface area contributed by atoms with Gasteiger partial charge in [-0.25, -0.2) is 0 Å². The minimum absolute atomic E-state index is 0.141. The van der Waals surface area contributed by atoms with Gasteiger partial charge in [-0.05, 0) is 80.1 Å². The van der Waals surface area contributed by atoms with Gasteiger partial charge in [0.25, 0.3) is 0 Å². The van der Waals surface area contributed by atoms with Gasteiger partial charge in [-0.15, -0.1) is 0 Å². The number of carbonyl (C=O) groups is 1. The van der Waals surface area contributed by atoms with Crippen LogP contribution in [0.4, 0.5) is 0 Å². The molecule has 2 N–H and O–H groups in total. The normalized spacial score (nSPS) is 33.6. The zero-order chi connectivity index (χ0) is 16.6. The lowest BCUT2D eigenvalue weighted by atomic mass is 9.53. The van der Waals surface area contributed by atoms with E-state index in [4.69, 9.17) is 12.2 Å². The first-order valence-corrected chi connectivity index (χ1v) is 9.37. The van der Waals surface area contributed by atoms with E-state index in [1.807, 2.05) is 36.4 Å². The Morgan fingerprint density at radius 2 is 1.62 bits per heavy atom. The average Bonchev–Trinajstić information content (AvgIpc) is 2.52. The molecule has 0 unspecified atom stereocenters. The summed E-state index contributed by atoms with van der Waals surface area (Å²) in [7, 11) is 0. The van der Waals surface area contributed by atoms with Gasteiger partial charge in [-0.3, -0.25) is 10.1 Å². The summed E-state index contributed by atoms with van der Waals surface area (Å²) in [5.41, 5.74) is 1.15. The maximum absolute atomic E-state index is 12.1. The second-order valence-corrected chi connectivity index (χ2v) is 8.29. The molecule has 1 aromatic rings. The van der Waals surface area contributed by atoms with Gasteiger partial charge in [0.2, 0.25) is 5.91 Å². The molecule has 4 aliphatic rings. The summed E-state index contributed by atoms with van der Waals surface area (Å²) < 4.78 is 0. The fraction of sp³-hybridized carbons (Fsp3) is 0.500. The van der Waals surface area contributed by atoms with Crippen LogP contribution in [0.1, 0.15) is 44.1 Å². The van der Waals surface area contributed by atoms with Gasteiger partial charge in [0, 0.05) is 11.6 Å². The van der Waals surface area contributed by atoms with Crippen molar-refractivity contribution in [3.63, 3.8) is 0 Å². The second kappa shape index (κ2) is 6.32. The van der Waals surface area contributed by atoms with Gasteiger partial charge in [-0.1, -0.05) is 30.3 Å². The number of carbonyl (C=O) groups excluding carboxylic acids is 1. The molecule has 24 heavy (non-hydrogen) atoms. The molecule has 0 aromatic heterocycles. The Morgan fingerprint density at radius 1 is 1.04 bits per heavy atom. The van der Waals surface area contributed by atoms with Gasteiger partial charge in [0.15, 0.2) is 5.11 Å². The number of benzene rings is 1. The highest BCUT2D eigenvalue weighted by Gasteiger charge is 2.51. The lowest BCUT2D eigenvalue weighted by molar-refractivity contribution is -0.115. The number of nitrogens with one attached hydrogen (secondary N) is 2. The quantitative estimate of drug-likeness (QED) is 0.652. The van der Waals surface area contributed by atoms with Crippen LogP contribution in [0.2, 0.25) is 0 Å². The number of hydrogen-bond acceptors (Lipinski definition) is 2. The van der Waals surface area contributed by atoms with Crippen LogP contribution in [-0.4, -0.2) is 16.6 Å². The van der Waals surface area contributed by atoms with Crippen LogP contribution < -0.4 is 10.6 Å². The molecule has 4 heteroatoms. The molecule has 1 aromatic carbocycles. The Morgan fingerprint density at radius 3 is 2.21 bits per heavy atom. The third-order valence-corrected chi connectivity index (χ3v) is 6.08. The SMILES string of the molecule is O=C(C=Cc1ccccc1)NC(=S)NC12CC3CC(CC(C3)C1)C2. The summed E-state index contributed by atoms with van der Waals surface area (Å²) in [6.07, 6.45) is 11.2. The van der Waals surface area contributed by atoms with Crippen molar-refractivity contribution in [2.24, 2.45) is 17.8 Å². The van der Waals surface area contributed by atoms with Gasteiger partial charge >= 0.3 is 0 Å². The molecule has 0 heterocycles. The van der Waals surface area contributed by atoms with Gasteiger partial charge in [-0.2, -0.15) is 0 Å². The summed E-state index contributed by atoms with van der Waals surface area (Å²) in [5, 5.41) is 6.82. The van der Waals surface area contributed by atoms with Crippen LogP contribution in [0.15, 0.2) is 36.4 Å². The summed E-state index contributed by atoms with van der Waals surface area (Å²) >= 11 is 5.42. The van der Waals surface area contributed by atoms with E-state index in [1.165, 1.54) is 38.5 Å². The molecule has 1 amide bonds. The highest BCUT2D eigenvalue weighted by atomic mass is 32.1. The van der Waals surface area contributed by atoms with Crippen LogP contribution in [0.5, 0.6) is 0 Å². The Bertz CT molecular complexity index is 632. The molecule has 0 radical (unpaired) electrons. The van der Waals surface area contributed by atoms with E-state index in [0.717, 1.165) is 23.3 Å². The maximum atomic E-state index is 12.1. The molecule has 0 spiro atoms. The van der Waals surface area contributed by atoms with Crippen LogP contribution in [-0.2, 0) is 4.79 Å². The lowest BCUT2D eigenvalue weighted by Crippen LogP contribution is -2.61. The van der Waals surface area contributed by atoms with Gasteiger partial charge < -0.3 is 5.32 Å².